The SMILES string of the molecule is COC(=O)c1cccc(NC(=O)c2cccc(NC3=C(Cl)C(=O)N(c4cc(C)ccc4C)C3=O)c2)c1. The van der Waals surface area contributed by atoms with E-state index in [1.807, 2.05) is 19.1 Å². The second kappa shape index (κ2) is 10.1. The van der Waals surface area contributed by atoms with E-state index in [9.17, 15) is 19.2 Å². The van der Waals surface area contributed by atoms with Crippen LogP contribution in [0.3, 0.4) is 0 Å². The highest BCUT2D eigenvalue weighted by molar-refractivity contribution is 6.53. The molecular formula is C27H22ClN3O5. The van der Waals surface area contributed by atoms with Gasteiger partial charge in [0.25, 0.3) is 17.7 Å². The average Bonchev–Trinajstić information content (AvgIpc) is 3.08. The van der Waals surface area contributed by atoms with E-state index in [-0.39, 0.29) is 16.3 Å². The quantitative estimate of drug-likeness (QED) is 0.370. The molecule has 3 amide bonds. The molecule has 0 unspecified atom stereocenters. The number of benzene rings is 3. The number of carbonyl (C=O) groups excluding carboxylic acids is 4. The Morgan fingerprint density at radius 2 is 1.53 bits per heavy atom. The maximum absolute atomic E-state index is 13.1. The average molecular weight is 504 g/mol. The minimum atomic E-state index is -0.628. The zero-order valence-corrected chi connectivity index (χ0v) is 20.5. The van der Waals surface area contributed by atoms with Gasteiger partial charge in [0.1, 0.15) is 10.7 Å². The van der Waals surface area contributed by atoms with Gasteiger partial charge in [0.2, 0.25) is 0 Å². The van der Waals surface area contributed by atoms with Crippen molar-refractivity contribution in [3.63, 3.8) is 0 Å². The summed E-state index contributed by atoms with van der Waals surface area (Å²) in [6, 6.07) is 18.2. The number of methoxy groups -OCH3 is 1. The Balaban J connectivity index is 1.54. The van der Waals surface area contributed by atoms with Crippen molar-refractivity contribution in [3.05, 3.63) is 99.7 Å². The molecule has 0 saturated heterocycles. The topological polar surface area (TPSA) is 105 Å². The molecule has 9 heteroatoms. The third-order valence-corrected chi connectivity index (χ3v) is 5.92. The summed E-state index contributed by atoms with van der Waals surface area (Å²) in [6.07, 6.45) is 0. The van der Waals surface area contributed by atoms with Crippen LogP contribution in [0.5, 0.6) is 0 Å². The first-order chi connectivity index (χ1) is 17.2. The van der Waals surface area contributed by atoms with Crippen LogP contribution < -0.4 is 15.5 Å². The fourth-order valence-electron chi connectivity index (χ4n) is 3.72. The van der Waals surface area contributed by atoms with E-state index in [4.69, 9.17) is 16.3 Å². The third kappa shape index (κ3) is 4.85. The summed E-state index contributed by atoms with van der Waals surface area (Å²) < 4.78 is 4.70. The maximum Gasteiger partial charge on any atom is 0.337 e. The molecule has 8 nitrogen and oxygen atoms in total. The molecule has 0 bridgehead atoms. The lowest BCUT2D eigenvalue weighted by Gasteiger charge is -2.18. The number of hydrogen-bond acceptors (Lipinski definition) is 6. The molecule has 3 aromatic carbocycles. The molecule has 0 aromatic heterocycles. The second-order valence-corrected chi connectivity index (χ2v) is 8.53. The van der Waals surface area contributed by atoms with Crippen LogP contribution in [0.1, 0.15) is 31.8 Å². The van der Waals surface area contributed by atoms with Crippen LogP contribution in [0.2, 0.25) is 0 Å². The van der Waals surface area contributed by atoms with Crippen LogP contribution in [-0.2, 0) is 14.3 Å². The fourth-order valence-corrected chi connectivity index (χ4v) is 3.93. The molecule has 182 valence electrons. The van der Waals surface area contributed by atoms with Crippen LogP contribution >= 0.6 is 11.6 Å². The molecule has 2 N–H and O–H groups in total. The molecule has 0 radical (unpaired) electrons. The molecule has 0 saturated carbocycles. The zero-order valence-electron chi connectivity index (χ0n) is 19.7. The highest BCUT2D eigenvalue weighted by Crippen LogP contribution is 2.32. The van der Waals surface area contributed by atoms with Gasteiger partial charge in [-0.05, 0) is 67.4 Å². The van der Waals surface area contributed by atoms with E-state index >= 15 is 0 Å². The largest absolute Gasteiger partial charge is 0.465 e. The van der Waals surface area contributed by atoms with Crippen LogP contribution in [-0.4, -0.2) is 30.8 Å². The predicted molar refractivity (Wildman–Crippen MR) is 137 cm³/mol. The minimum Gasteiger partial charge on any atom is -0.465 e. The Morgan fingerprint density at radius 1 is 0.861 bits per heavy atom. The molecule has 3 aromatic rings. The van der Waals surface area contributed by atoms with E-state index < -0.39 is 23.7 Å². The number of rotatable bonds is 6. The van der Waals surface area contributed by atoms with Gasteiger partial charge in [-0.15, -0.1) is 0 Å². The van der Waals surface area contributed by atoms with Gasteiger partial charge in [0.15, 0.2) is 0 Å². The number of ether oxygens (including phenoxy) is 1. The van der Waals surface area contributed by atoms with Crippen molar-refractivity contribution in [1.29, 1.82) is 0 Å². The third-order valence-electron chi connectivity index (χ3n) is 5.57. The van der Waals surface area contributed by atoms with Crippen molar-refractivity contribution in [1.82, 2.24) is 0 Å². The van der Waals surface area contributed by atoms with Crippen LogP contribution in [0.25, 0.3) is 0 Å². The van der Waals surface area contributed by atoms with Crippen molar-refractivity contribution < 1.29 is 23.9 Å². The Bertz CT molecular complexity index is 1450. The molecular weight excluding hydrogens is 482 g/mol. The van der Waals surface area contributed by atoms with E-state index in [1.165, 1.54) is 19.2 Å². The van der Waals surface area contributed by atoms with Gasteiger partial charge in [-0.1, -0.05) is 35.9 Å². The fraction of sp³-hybridized carbons (Fsp3) is 0.111. The molecule has 0 fully saturated rings. The Kier molecular flexibility index (Phi) is 6.89. The molecule has 0 atom stereocenters. The molecule has 1 heterocycles. The smallest absolute Gasteiger partial charge is 0.337 e. The van der Waals surface area contributed by atoms with Gasteiger partial charge >= 0.3 is 5.97 Å². The molecule has 1 aliphatic rings. The highest BCUT2D eigenvalue weighted by atomic mass is 35.5. The van der Waals surface area contributed by atoms with Gasteiger partial charge in [-0.2, -0.15) is 0 Å². The summed E-state index contributed by atoms with van der Waals surface area (Å²) >= 11 is 6.26. The van der Waals surface area contributed by atoms with Crippen molar-refractivity contribution in [2.45, 2.75) is 13.8 Å². The predicted octanol–water partition coefficient (Wildman–Crippen LogP) is 4.78. The zero-order chi connectivity index (χ0) is 26.0. The van der Waals surface area contributed by atoms with Gasteiger partial charge < -0.3 is 15.4 Å². The van der Waals surface area contributed by atoms with Crippen molar-refractivity contribution in [2.75, 3.05) is 22.6 Å². The number of halogens is 1. The first-order valence-corrected chi connectivity index (χ1v) is 11.3. The number of amides is 3. The lowest BCUT2D eigenvalue weighted by molar-refractivity contribution is -0.120. The normalized spacial score (nSPS) is 13.2. The molecule has 36 heavy (non-hydrogen) atoms. The molecule has 1 aliphatic heterocycles. The highest BCUT2D eigenvalue weighted by Gasteiger charge is 2.39. The first-order valence-electron chi connectivity index (χ1n) is 10.9. The number of hydrogen-bond donors (Lipinski definition) is 2. The van der Waals surface area contributed by atoms with Gasteiger partial charge in [0.05, 0.1) is 18.4 Å². The van der Waals surface area contributed by atoms with Crippen molar-refractivity contribution >= 4 is 52.4 Å². The summed E-state index contributed by atoms with van der Waals surface area (Å²) in [5.41, 5.74) is 3.41. The summed E-state index contributed by atoms with van der Waals surface area (Å²) in [6.45, 7) is 3.67. The number of anilines is 3. The maximum atomic E-state index is 13.1. The molecule has 4 rings (SSSR count). The Hall–Kier alpha value is -4.43. The Morgan fingerprint density at radius 3 is 2.25 bits per heavy atom. The van der Waals surface area contributed by atoms with Crippen molar-refractivity contribution in [2.24, 2.45) is 0 Å². The lowest BCUT2D eigenvalue weighted by atomic mass is 10.1. The number of esters is 1. The summed E-state index contributed by atoms with van der Waals surface area (Å²) in [5, 5.41) is 5.37. The minimum absolute atomic E-state index is 0.0779. The van der Waals surface area contributed by atoms with Crippen LogP contribution in [0.15, 0.2) is 77.5 Å². The van der Waals surface area contributed by atoms with E-state index in [0.717, 1.165) is 16.0 Å². The van der Waals surface area contributed by atoms with E-state index in [2.05, 4.69) is 10.6 Å². The van der Waals surface area contributed by atoms with E-state index in [0.29, 0.717) is 22.6 Å². The number of imide groups is 1. The van der Waals surface area contributed by atoms with Gasteiger partial charge in [-0.3, -0.25) is 14.4 Å². The number of aryl methyl sites for hydroxylation is 2. The summed E-state index contributed by atoms with van der Waals surface area (Å²) in [5.74, 6) is -2.18. The van der Waals surface area contributed by atoms with Gasteiger partial charge in [0, 0.05) is 16.9 Å². The van der Waals surface area contributed by atoms with Gasteiger partial charge in [-0.25, -0.2) is 9.69 Å². The van der Waals surface area contributed by atoms with Crippen LogP contribution in [0, 0.1) is 13.8 Å². The summed E-state index contributed by atoms with van der Waals surface area (Å²) in [4.78, 5) is 51.6. The van der Waals surface area contributed by atoms with E-state index in [1.54, 1.807) is 49.4 Å². The standard InChI is InChI=1S/C27H22ClN3O5/c1-15-10-11-16(2)21(12-15)31-25(33)22(28)23(26(31)34)29-19-8-4-6-17(13-19)24(32)30-20-9-5-7-18(14-20)27(35)36-3/h4-14,29H,1-3H3,(H,30,32). The first kappa shape index (κ1) is 24.7. The molecule has 0 aliphatic carbocycles. The molecule has 0 spiro atoms. The second-order valence-electron chi connectivity index (χ2n) is 8.16. The number of nitrogens with one attached hydrogen (secondary N) is 2. The van der Waals surface area contributed by atoms with Crippen LogP contribution in [0.4, 0.5) is 17.1 Å². The number of carbonyl (C=O) groups is 4. The lowest BCUT2D eigenvalue weighted by Crippen LogP contribution is -2.33. The Labute approximate surface area is 212 Å². The van der Waals surface area contributed by atoms with Crippen molar-refractivity contribution in [3.8, 4) is 0 Å². The summed E-state index contributed by atoms with van der Waals surface area (Å²) in [7, 11) is 1.28. The number of nitrogens with zero attached hydrogens (tertiary/aromatic N) is 1. The monoisotopic (exact) mass is 503 g/mol.